The molecule has 0 radical (unpaired) electrons. The van der Waals surface area contributed by atoms with Gasteiger partial charge in [-0.1, -0.05) is 6.07 Å². The maximum atomic E-state index is 9.08. The van der Waals surface area contributed by atoms with Crippen molar-refractivity contribution in [1.82, 2.24) is 10.3 Å². The van der Waals surface area contributed by atoms with Gasteiger partial charge in [-0.05, 0) is 36.9 Å². The first-order valence-corrected chi connectivity index (χ1v) is 5.14. The van der Waals surface area contributed by atoms with Crippen LogP contribution in [0.25, 0.3) is 0 Å². The molecule has 0 amide bonds. The fourth-order valence-electron chi connectivity index (χ4n) is 2.07. The molecule has 14 heavy (non-hydrogen) atoms. The molecular formula is C11H16N2O. The molecule has 76 valence electrons. The lowest BCUT2D eigenvalue weighted by molar-refractivity contribution is 0.210. The zero-order valence-corrected chi connectivity index (χ0v) is 8.19. The number of hydrogen-bond donors (Lipinski definition) is 2. The van der Waals surface area contributed by atoms with Crippen LogP contribution < -0.4 is 5.32 Å². The average Bonchev–Trinajstić information content (AvgIpc) is 2.30. The van der Waals surface area contributed by atoms with E-state index in [4.69, 9.17) is 5.11 Å². The van der Waals surface area contributed by atoms with Gasteiger partial charge in [-0.25, -0.2) is 0 Å². The van der Waals surface area contributed by atoms with Gasteiger partial charge in [0.1, 0.15) is 0 Å². The van der Waals surface area contributed by atoms with Crippen LogP contribution in [0.4, 0.5) is 0 Å². The molecule has 2 N–H and O–H groups in total. The van der Waals surface area contributed by atoms with Gasteiger partial charge >= 0.3 is 0 Å². The van der Waals surface area contributed by atoms with Crippen LogP contribution in [0.3, 0.4) is 0 Å². The normalized spacial score (nSPS) is 27.5. The second-order valence-corrected chi connectivity index (χ2v) is 3.84. The fourth-order valence-corrected chi connectivity index (χ4v) is 2.07. The number of piperidine rings is 1. The summed E-state index contributed by atoms with van der Waals surface area (Å²) < 4.78 is 0. The highest BCUT2D eigenvalue weighted by Crippen LogP contribution is 2.26. The van der Waals surface area contributed by atoms with Crippen molar-refractivity contribution in [2.75, 3.05) is 13.2 Å². The highest BCUT2D eigenvalue weighted by molar-refractivity contribution is 5.15. The Morgan fingerprint density at radius 3 is 3.21 bits per heavy atom. The summed E-state index contributed by atoms with van der Waals surface area (Å²) in [7, 11) is 0. The molecule has 1 aliphatic heterocycles. The topological polar surface area (TPSA) is 45.2 Å². The molecule has 1 aromatic heterocycles. The van der Waals surface area contributed by atoms with Crippen LogP contribution in [0, 0.1) is 0 Å². The molecule has 1 saturated heterocycles. The van der Waals surface area contributed by atoms with Crippen LogP contribution in [0.2, 0.25) is 0 Å². The fraction of sp³-hybridized carbons (Fsp3) is 0.545. The number of nitrogens with one attached hydrogen (secondary N) is 1. The monoisotopic (exact) mass is 192 g/mol. The predicted molar refractivity (Wildman–Crippen MR) is 55.1 cm³/mol. The van der Waals surface area contributed by atoms with Crippen molar-refractivity contribution in [1.29, 1.82) is 0 Å². The molecule has 0 bridgehead atoms. The lowest BCUT2D eigenvalue weighted by atomic mass is 9.87. The van der Waals surface area contributed by atoms with E-state index in [-0.39, 0.29) is 12.6 Å². The average molecular weight is 192 g/mol. The van der Waals surface area contributed by atoms with Gasteiger partial charge in [0.25, 0.3) is 0 Å². The molecule has 0 saturated carbocycles. The first kappa shape index (κ1) is 9.62. The summed E-state index contributed by atoms with van der Waals surface area (Å²) in [6.07, 6.45) is 5.89. The third-order valence-electron chi connectivity index (χ3n) is 2.87. The Balaban J connectivity index is 2.04. The van der Waals surface area contributed by atoms with Gasteiger partial charge in [0.15, 0.2) is 0 Å². The minimum atomic E-state index is 0.233. The zero-order chi connectivity index (χ0) is 9.80. The van der Waals surface area contributed by atoms with Crippen molar-refractivity contribution < 1.29 is 5.11 Å². The summed E-state index contributed by atoms with van der Waals surface area (Å²) in [5.74, 6) is 0.557. The second kappa shape index (κ2) is 4.53. The summed E-state index contributed by atoms with van der Waals surface area (Å²) in [5, 5.41) is 12.4. The number of nitrogens with zero attached hydrogens (tertiary/aromatic N) is 1. The van der Waals surface area contributed by atoms with Gasteiger partial charge in [0, 0.05) is 18.4 Å². The van der Waals surface area contributed by atoms with Gasteiger partial charge in [-0.2, -0.15) is 0 Å². The molecule has 2 atom stereocenters. The molecule has 3 heteroatoms. The van der Waals surface area contributed by atoms with Gasteiger partial charge < -0.3 is 10.4 Å². The van der Waals surface area contributed by atoms with Crippen LogP contribution in [0.5, 0.6) is 0 Å². The Kier molecular flexibility index (Phi) is 3.11. The van der Waals surface area contributed by atoms with Crippen LogP contribution in [0.15, 0.2) is 24.5 Å². The molecule has 0 aromatic carbocycles. The van der Waals surface area contributed by atoms with Crippen molar-refractivity contribution in [3.8, 4) is 0 Å². The number of pyridine rings is 1. The SMILES string of the molecule is OCC1CC(c2cccnc2)CCN1. The molecule has 1 fully saturated rings. The van der Waals surface area contributed by atoms with E-state index >= 15 is 0 Å². The number of rotatable bonds is 2. The molecule has 1 aliphatic rings. The first-order chi connectivity index (χ1) is 6.90. The standard InChI is InChI=1S/C11H16N2O/c14-8-11-6-9(3-5-13-11)10-2-1-4-12-7-10/h1-2,4,7,9,11,13-14H,3,5-6,8H2. The Bertz CT molecular complexity index is 276. The Hall–Kier alpha value is -0.930. The van der Waals surface area contributed by atoms with Gasteiger partial charge in [-0.15, -0.1) is 0 Å². The van der Waals surface area contributed by atoms with E-state index in [0.717, 1.165) is 19.4 Å². The zero-order valence-electron chi connectivity index (χ0n) is 8.19. The molecule has 2 unspecified atom stereocenters. The third-order valence-corrected chi connectivity index (χ3v) is 2.87. The number of aliphatic hydroxyl groups is 1. The smallest absolute Gasteiger partial charge is 0.0584 e. The number of aromatic nitrogens is 1. The quantitative estimate of drug-likeness (QED) is 0.732. The van der Waals surface area contributed by atoms with Crippen molar-refractivity contribution >= 4 is 0 Å². The maximum absolute atomic E-state index is 9.08. The van der Waals surface area contributed by atoms with E-state index in [9.17, 15) is 0 Å². The van der Waals surface area contributed by atoms with E-state index in [1.165, 1.54) is 5.56 Å². The van der Waals surface area contributed by atoms with E-state index in [1.807, 2.05) is 12.3 Å². The van der Waals surface area contributed by atoms with E-state index in [0.29, 0.717) is 5.92 Å². The Labute approximate surface area is 84.2 Å². The lowest BCUT2D eigenvalue weighted by Gasteiger charge is -2.29. The first-order valence-electron chi connectivity index (χ1n) is 5.14. The van der Waals surface area contributed by atoms with Crippen LogP contribution in [0.1, 0.15) is 24.3 Å². The summed E-state index contributed by atoms with van der Waals surface area (Å²) in [6.45, 7) is 1.22. The Morgan fingerprint density at radius 1 is 1.57 bits per heavy atom. The maximum Gasteiger partial charge on any atom is 0.0584 e. The van der Waals surface area contributed by atoms with Crippen LogP contribution in [-0.4, -0.2) is 29.3 Å². The summed E-state index contributed by atoms with van der Waals surface area (Å²) in [6, 6.07) is 4.36. The summed E-state index contributed by atoms with van der Waals surface area (Å²) in [4.78, 5) is 4.13. The minimum Gasteiger partial charge on any atom is -0.395 e. The minimum absolute atomic E-state index is 0.233. The van der Waals surface area contributed by atoms with Crippen LogP contribution >= 0.6 is 0 Å². The second-order valence-electron chi connectivity index (χ2n) is 3.84. The third kappa shape index (κ3) is 2.11. The van der Waals surface area contributed by atoms with Crippen molar-refractivity contribution in [3.63, 3.8) is 0 Å². The van der Waals surface area contributed by atoms with E-state index in [2.05, 4.69) is 16.4 Å². The van der Waals surface area contributed by atoms with Crippen LogP contribution in [-0.2, 0) is 0 Å². The molecule has 3 nitrogen and oxygen atoms in total. The molecule has 0 aliphatic carbocycles. The van der Waals surface area contributed by atoms with Gasteiger partial charge in [0.05, 0.1) is 6.61 Å². The molecule has 2 rings (SSSR count). The van der Waals surface area contributed by atoms with Gasteiger partial charge in [0.2, 0.25) is 0 Å². The van der Waals surface area contributed by atoms with Crippen molar-refractivity contribution in [2.24, 2.45) is 0 Å². The number of aliphatic hydroxyl groups excluding tert-OH is 1. The molecule has 2 heterocycles. The highest BCUT2D eigenvalue weighted by atomic mass is 16.3. The summed E-state index contributed by atoms with van der Waals surface area (Å²) >= 11 is 0. The molecular weight excluding hydrogens is 176 g/mol. The highest BCUT2D eigenvalue weighted by Gasteiger charge is 2.21. The van der Waals surface area contributed by atoms with Crippen molar-refractivity contribution in [3.05, 3.63) is 30.1 Å². The lowest BCUT2D eigenvalue weighted by Crippen LogP contribution is -2.39. The van der Waals surface area contributed by atoms with Crippen molar-refractivity contribution in [2.45, 2.75) is 24.8 Å². The Morgan fingerprint density at radius 2 is 2.50 bits per heavy atom. The van der Waals surface area contributed by atoms with E-state index < -0.39 is 0 Å². The summed E-state index contributed by atoms with van der Waals surface area (Å²) in [5.41, 5.74) is 1.30. The number of hydrogen-bond acceptors (Lipinski definition) is 3. The molecule has 0 spiro atoms. The van der Waals surface area contributed by atoms with Gasteiger partial charge in [-0.3, -0.25) is 4.98 Å². The largest absolute Gasteiger partial charge is 0.395 e. The predicted octanol–water partition coefficient (Wildman–Crippen LogP) is 0.909. The molecule has 1 aromatic rings. The van der Waals surface area contributed by atoms with E-state index in [1.54, 1.807) is 6.20 Å².